The van der Waals surface area contributed by atoms with E-state index >= 15 is 0 Å². The van der Waals surface area contributed by atoms with E-state index in [0.717, 1.165) is 29.3 Å². The summed E-state index contributed by atoms with van der Waals surface area (Å²) in [6, 6.07) is 11.4. The van der Waals surface area contributed by atoms with E-state index in [9.17, 15) is 4.79 Å². The van der Waals surface area contributed by atoms with E-state index < -0.39 is 0 Å². The van der Waals surface area contributed by atoms with E-state index in [-0.39, 0.29) is 36.8 Å². The zero-order valence-corrected chi connectivity index (χ0v) is 17.3. The van der Waals surface area contributed by atoms with Gasteiger partial charge in [-0.15, -0.1) is 35.0 Å². The van der Waals surface area contributed by atoms with Crippen molar-refractivity contribution in [3.63, 3.8) is 0 Å². The SMILES string of the molecule is COc1ccccc1C1CNCCN1C(=O)c1ccc2nnc(C)n2c1.Cl.Cl. The average molecular weight is 424 g/mol. The van der Waals surface area contributed by atoms with E-state index in [4.69, 9.17) is 4.74 Å². The number of nitrogens with zero attached hydrogens (tertiary/aromatic N) is 4. The fourth-order valence-electron chi connectivity index (χ4n) is 3.46. The van der Waals surface area contributed by atoms with Crippen molar-refractivity contribution in [3.05, 3.63) is 59.5 Å². The number of hydrogen-bond donors (Lipinski definition) is 1. The topological polar surface area (TPSA) is 71.8 Å². The second-order valence-corrected chi connectivity index (χ2v) is 6.35. The number of pyridine rings is 1. The molecule has 0 spiro atoms. The number of nitrogens with one attached hydrogen (secondary N) is 1. The molecular formula is C19H23Cl2N5O2. The summed E-state index contributed by atoms with van der Waals surface area (Å²) in [6.45, 7) is 3.97. The number of aromatic nitrogens is 3. The van der Waals surface area contributed by atoms with E-state index in [1.807, 2.05) is 58.8 Å². The van der Waals surface area contributed by atoms with Gasteiger partial charge in [-0.1, -0.05) is 18.2 Å². The highest BCUT2D eigenvalue weighted by molar-refractivity contribution is 5.94. The molecule has 1 atom stereocenters. The van der Waals surface area contributed by atoms with Gasteiger partial charge in [-0.05, 0) is 25.1 Å². The zero-order chi connectivity index (χ0) is 18.1. The Balaban J connectivity index is 0.00000140. The van der Waals surface area contributed by atoms with Crippen molar-refractivity contribution in [2.75, 3.05) is 26.7 Å². The number of ether oxygens (including phenoxy) is 1. The third kappa shape index (κ3) is 3.92. The predicted octanol–water partition coefficient (Wildman–Crippen LogP) is 2.68. The molecule has 1 fully saturated rings. The number of methoxy groups -OCH3 is 1. The Morgan fingerprint density at radius 1 is 1.18 bits per heavy atom. The lowest BCUT2D eigenvalue weighted by molar-refractivity contribution is 0.0631. The van der Waals surface area contributed by atoms with Gasteiger partial charge in [-0.3, -0.25) is 9.20 Å². The first-order valence-corrected chi connectivity index (χ1v) is 8.65. The molecule has 0 saturated carbocycles. The van der Waals surface area contributed by atoms with Crippen LogP contribution in [-0.4, -0.2) is 52.1 Å². The summed E-state index contributed by atoms with van der Waals surface area (Å²) < 4.78 is 7.35. The monoisotopic (exact) mass is 423 g/mol. The first-order valence-electron chi connectivity index (χ1n) is 8.65. The summed E-state index contributed by atoms with van der Waals surface area (Å²) in [5, 5.41) is 11.5. The minimum atomic E-state index is -0.0786. The van der Waals surface area contributed by atoms with Crippen molar-refractivity contribution in [3.8, 4) is 5.75 Å². The molecular weight excluding hydrogens is 401 g/mol. The maximum Gasteiger partial charge on any atom is 0.255 e. The lowest BCUT2D eigenvalue weighted by Crippen LogP contribution is -2.48. The lowest BCUT2D eigenvalue weighted by atomic mass is 10.0. The van der Waals surface area contributed by atoms with Crippen LogP contribution >= 0.6 is 24.8 Å². The molecule has 1 amide bonds. The minimum Gasteiger partial charge on any atom is -0.496 e. The van der Waals surface area contributed by atoms with Crippen LogP contribution in [0.15, 0.2) is 42.6 Å². The normalized spacial score (nSPS) is 16.2. The summed E-state index contributed by atoms with van der Waals surface area (Å²) in [7, 11) is 1.66. The highest BCUT2D eigenvalue weighted by atomic mass is 35.5. The van der Waals surface area contributed by atoms with Crippen LogP contribution in [-0.2, 0) is 0 Å². The van der Waals surface area contributed by atoms with Gasteiger partial charge < -0.3 is 15.0 Å². The zero-order valence-electron chi connectivity index (χ0n) is 15.7. The van der Waals surface area contributed by atoms with E-state index in [1.54, 1.807) is 7.11 Å². The number of carbonyl (C=O) groups excluding carboxylic acids is 1. The van der Waals surface area contributed by atoms with Gasteiger partial charge in [0, 0.05) is 31.4 Å². The van der Waals surface area contributed by atoms with Crippen LogP contribution in [0.3, 0.4) is 0 Å². The number of hydrogen-bond acceptors (Lipinski definition) is 5. The molecule has 4 rings (SSSR count). The van der Waals surface area contributed by atoms with Gasteiger partial charge in [0.2, 0.25) is 0 Å². The van der Waals surface area contributed by atoms with Gasteiger partial charge in [0.25, 0.3) is 5.91 Å². The molecule has 2 aromatic heterocycles. The highest BCUT2D eigenvalue weighted by Gasteiger charge is 2.30. The van der Waals surface area contributed by atoms with Gasteiger partial charge in [0.1, 0.15) is 11.6 Å². The number of para-hydroxylation sites is 1. The van der Waals surface area contributed by atoms with Crippen molar-refractivity contribution in [2.24, 2.45) is 0 Å². The summed E-state index contributed by atoms with van der Waals surface area (Å²) in [5.41, 5.74) is 2.37. The van der Waals surface area contributed by atoms with Crippen molar-refractivity contribution >= 4 is 36.4 Å². The fourth-order valence-corrected chi connectivity index (χ4v) is 3.46. The van der Waals surface area contributed by atoms with Crippen LogP contribution in [0.2, 0.25) is 0 Å². The van der Waals surface area contributed by atoms with Gasteiger partial charge in [-0.2, -0.15) is 0 Å². The number of aryl methyl sites for hydroxylation is 1. The van der Waals surface area contributed by atoms with Crippen LogP contribution in [0.25, 0.3) is 5.65 Å². The molecule has 0 aliphatic carbocycles. The number of rotatable bonds is 3. The Hall–Kier alpha value is -2.35. The number of amides is 1. The first-order chi connectivity index (χ1) is 12.7. The Morgan fingerprint density at radius 2 is 1.96 bits per heavy atom. The summed E-state index contributed by atoms with van der Waals surface area (Å²) >= 11 is 0. The Labute approximate surface area is 175 Å². The van der Waals surface area contributed by atoms with Gasteiger partial charge >= 0.3 is 0 Å². The molecule has 28 heavy (non-hydrogen) atoms. The molecule has 3 aromatic rings. The van der Waals surface area contributed by atoms with E-state index in [2.05, 4.69) is 15.5 Å². The molecule has 3 heterocycles. The molecule has 1 saturated heterocycles. The van der Waals surface area contributed by atoms with Crippen molar-refractivity contribution in [1.82, 2.24) is 24.8 Å². The average Bonchev–Trinajstić information content (AvgIpc) is 3.07. The van der Waals surface area contributed by atoms with Crippen molar-refractivity contribution in [1.29, 1.82) is 0 Å². The third-order valence-electron chi connectivity index (χ3n) is 4.82. The van der Waals surface area contributed by atoms with Crippen LogP contribution in [0.1, 0.15) is 27.8 Å². The lowest BCUT2D eigenvalue weighted by Gasteiger charge is -2.37. The maximum absolute atomic E-state index is 13.3. The number of halogens is 2. The minimum absolute atomic E-state index is 0. The second kappa shape index (κ2) is 9.23. The number of fused-ring (bicyclic) bond motifs is 1. The van der Waals surface area contributed by atoms with Crippen molar-refractivity contribution < 1.29 is 9.53 Å². The Kier molecular flexibility index (Phi) is 7.23. The smallest absolute Gasteiger partial charge is 0.255 e. The number of benzene rings is 1. The fraction of sp³-hybridized carbons (Fsp3) is 0.316. The molecule has 0 bridgehead atoms. The van der Waals surface area contributed by atoms with Gasteiger partial charge in [-0.25, -0.2) is 0 Å². The van der Waals surface area contributed by atoms with E-state index in [0.29, 0.717) is 18.7 Å². The van der Waals surface area contributed by atoms with Gasteiger partial charge in [0.05, 0.1) is 18.7 Å². The molecule has 150 valence electrons. The van der Waals surface area contributed by atoms with Crippen LogP contribution in [0.4, 0.5) is 0 Å². The van der Waals surface area contributed by atoms with Crippen molar-refractivity contribution in [2.45, 2.75) is 13.0 Å². The quantitative estimate of drug-likeness (QED) is 0.700. The second-order valence-electron chi connectivity index (χ2n) is 6.35. The van der Waals surface area contributed by atoms with Crippen LogP contribution < -0.4 is 10.1 Å². The third-order valence-corrected chi connectivity index (χ3v) is 4.82. The van der Waals surface area contributed by atoms with Crippen LogP contribution in [0, 0.1) is 6.92 Å². The molecule has 1 aliphatic heterocycles. The molecule has 1 aromatic carbocycles. The van der Waals surface area contributed by atoms with E-state index in [1.165, 1.54) is 0 Å². The standard InChI is InChI=1S/C19H21N5O2.2ClH/c1-13-21-22-18-8-7-14(12-24(13)18)19(25)23-10-9-20-11-16(23)15-5-3-4-6-17(15)26-2;;/h3-8,12,16,20H,9-11H2,1-2H3;2*1H. The molecule has 0 radical (unpaired) electrons. The summed E-state index contributed by atoms with van der Waals surface area (Å²) in [5.74, 6) is 1.55. The molecule has 1 N–H and O–H groups in total. The Morgan fingerprint density at radius 3 is 2.75 bits per heavy atom. The predicted molar refractivity (Wildman–Crippen MR) is 112 cm³/mol. The highest BCUT2D eigenvalue weighted by Crippen LogP contribution is 2.31. The number of carbonyl (C=O) groups is 1. The van der Waals surface area contributed by atoms with Gasteiger partial charge in [0.15, 0.2) is 5.65 Å². The largest absolute Gasteiger partial charge is 0.496 e. The molecule has 1 unspecified atom stereocenters. The number of piperazine rings is 1. The summed E-state index contributed by atoms with van der Waals surface area (Å²) in [6.07, 6.45) is 1.81. The Bertz CT molecular complexity index is 962. The summed E-state index contributed by atoms with van der Waals surface area (Å²) in [4.78, 5) is 15.2. The molecule has 1 aliphatic rings. The first kappa shape index (κ1) is 21.9. The molecule has 9 heteroatoms. The molecule has 7 nitrogen and oxygen atoms in total. The maximum atomic E-state index is 13.3. The van der Waals surface area contributed by atoms with Crippen LogP contribution in [0.5, 0.6) is 5.75 Å².